The van der Waals surface area contributed by atoms with Crippen LogP contribution in [0.3, 0.4) is 0 Å². The molecule has 1 N–H and O–H groups in total. The Morgan fingerprint density at radius 2 is 2.12 bits per heavy atom. The maximum Gasteiger partial charge on any atom is 0.236 e. The third kappa shape index (κ3) is 2.65. The minimum atomic E-state index is 0.0674. The second-order valence-corrected chi connectivity index (χ2v) is 4.15. The number of hydrogen-bond donors (Lipinski definition) is 1. The van der Waals surface area contributed by atoms with E-state index in [0.29, 0.717) is 13.1 Å². The number of rotatable bonds is 4. The zero-order valence-corrected chi connectivity index (χ0v) is 10.1. The van der Waals surface area contributed by atoms with Gasteiger partial charge in [0.15, 0.2) is 0 Å². The van der Waals surface area contributed by atoms with Crippen molar-refractivity contribution in [2.45, 2.75) is 6.54 Å². The van der Waals surface area contributed by atoms with E-state index in [9.17, 15) is 4.79 Å². The van der Waals surface area contributed by atoms with Crippen LogP contribution >= 0.6 is 0 Å². The first-order valence-corrected chi connectivity index (χ1v) is 5.54. The molecular formula is C13H16N2O2. The van der Waals surface area contributed by atoms with E-state index in [-0.39, 0.29) is 5.91 Å². The summed E-state index contributed by atoms with van der Waals surface area (Å²) in [6.07, 6.45) is 1.73. The minimum absolute atomic E-state index is 0.0674. The van der Waals surface area contributed by atoms with Gasteiger partial charge < -0.3 is 14.6 Å². The molecule has 0 aliphatic rings. The maximum atomic E-state index is 11.4. The van der Waals surface area contributed by atoms with E-state index in [4.69, 9.17) is 4.42 Å². The molecule has 1 aromatic heterocycles. The van der Waals surface area contributed by atoms with Crippen molar-refractivity contribution in [1.82, 2.24) is 10.2 Å². The van der Waals surface area contributed by atoms with Crippen molar-refractivity contribution in [2.75, 3.05) is 20.6 Å². The number of hydrogen-bond acceptors (Lipinski definition) is 3. The predicted octanol–water partition coefficient (Wildman–Crippen LogP) is 1.61. The Morgan fingerprint density at radius 1 is 1.35 bits per heavy atom. The van der Waals surface area contributed by atoms with Crippen LogP contribution < -0.4 is 5.32 Å². The third-order valence-corrected chi connectivity index (χ3v) is 2.65. The molecule has 1 heterocycles. The second kappa shape index (κ2) is 5.01. The fourth-order valence-corrected chi connectivity index (χ4v) is 1.63. The van der Waals surface area contributed by atoms with E-state index in [1.165, 1.54) is 0 Å². The van der Waals surface area contributed by atoms with Crippen molar-refractivity contribution in [3.8, 4) is 0 Å². The summed E-state index contributed by atoms with van der Waals surface area (Å²) < 4.78 is 5.42. The molecule has 17 heavy (non-hydrogen) atoms. The zero-order chi connectivity index (χ0) is 12.3. The highest BCUT2D eigenvalue weighted by Gasteiger charge is 2.06. The molecule has 0 unspecified atom stereocenters. The van der Waals surface area contributed by atoms with E-state index < -0.39 is 0 Å². The summed E-state index contributed by atoms with van der Waals surface area (Å²) in [5.74, 6) is 0.0674. The van der Waals surface area contributed by atoms with Crippen LogP contribution in [0.1, 0.15) is 5.56 Å². The zero-order valence-electron chi connectivity index (χ0n) is 10.1. The molecule has 0 atom stereocenters. The predicted molar refractivity (Wildman–Crippen MR) is 66.6 cm³/mol. The highest BCUT2D eigenvalue weighted by Crippen LogP contribution is 2.20. The number of furan rings is 1. The number of carbonyl (C=O) groups excluding carboxylic acids is 1. The van der Waals surface area contributed by atoms with Gasteiger partial charge in [-0.2, -0.15) is 0 Å². The molecule has 0 saturated carbocycles. The molecule has 4 nitrogen and oxygen atoms in total. The van der Waals surface area contributed by atoms with Crippen molar-refractivity contribution in [3.63, 3.8) is 0 Å². The van der Waals surface area contributed by atoms with Gasteiger partial charge in [-0.25, -0.2) is 0 Å². The lowest BCUT2D eigenvalue weighted by molar-refractivity contribution is -0.127. The summed E-state index contributed by atoms with van der Waals surface area (Å²) in [4.78, 5) is 12.9. The molecule has 2 aromatic rings. The number of amides is 1. The van der Waals surface area contributed by atoms with Crippen LogP contribution in [0.15, 0.2) is 34.9 Å². The smallest absolute Gasteiger partial charge is 0.236 e. The number of nitrogens with one attached hydrogen (secondary N) is 1. The third-order valence-electron chi connectivity index (χ3n) is 2.65. The molecule has 0 fully saturated rings. The number of para-hydroxylation sites is 1. The van der Waals surface area contributed by atoms with Gasteiger partial charge in [-0.15, -0.1) is 0 Å². The van der Waals surface area contributed by atoms with Crippen LogP contribution in [0.4, 0.5) is 0 Å². The molecule has 90 valence electrons. The van der Waals surface area contributed by atoms with Gasteiger partial charge >= 0.3 is 0 Å². The van der Waals surface area contributed by atoms with Crippen LogP contribution in [0.2, 0.25) is 0 Å². The van der Waals surface area contributed by atoms with E-state index in [1.807, 2.05) is 24.3 Å². The fourth-order valence-electron chi connectivity index (χ4n) is 1.63. The summed E-state index contributed by atoms with van der Waals surface area (Å²) in [6.45, 7) is 0.975. The average molecular weight is 232 g/mol. The SMILES string of the molecule is CN(C)C(=O)CNCc1coc2ccccc12. The molecule has 0 radical (unpaired) electrons. The van der Waals surface area contributed by atoms with Crippen LogP contribution in [-0.2, 0) is 11.3 Å². The molecule has 2 rings (SSSR count). The molecule has 4 heteroatoms. The Morgan fingerprint density at radius 3 is 2.88 bits per heavy atom. The summed E-state index contributed by atoms with van der Waals surface area (Å²) in [6, 6.07) is 7.87. The van der Waals surface area contributed by atoms with Gasteiger partial charge in [-0.05, 0) is 6.07 Å². The molecule has 0 spiro atoms. The molecular weight excluding hydrogens is 216 g/mol. The van der Waals surface area contributed by atoms with Crippen molar-refractivity contribution >= 4 is 16.9 Å². The van der Waals surface area contributed by atoms with Crippen LogP contribution in [0.25, 0.3) is 11.0 Å². The Labute approximate surface area is 100 Å². The van der Waals surface area contributed by atoms with Crippen molar-refractivity contribution in [1.29, 1.82) is 0 Å². The first-order chi connectivity index (χ1) is 8.18. The quantitative estimate of drug-likeness (QED) is 0.871. The summed E-state index contributed by atoms with van der Waals surface area (Å²) in [5.41, 5.74) is 1.95. The minimum Gasteiger partial charge on any atom is -0.464 e. The molecule has 0 saturated heterocycles. The monoisotopic (exact) mass is 232 g/mol. The van der Waals surface area contributed by atoms with Crippen molar-refractivity contribution in [3.05, 3.63) is 36.1 Å². The van der Waals surface area contributed by atoms with Gasteiger partial charge in [0.25, 0.3) is 0 Å². The Hall–Kier alpha value is -1.81. The second-order valence-electron chi connectivity index (χ2n) is 4.15. The number of nitrogens with zero attached hydrogens (tertiary/aromatic N) is 1. The highest BCUT2D eigenvalue weighted by molar-refractivity contribution is 5.81. The van der Waals surface area contributed by atoms with E-state index >= 15 is 0 Å². The van der Waals surface area contributed by atoms with Crippen LogP contribution in [0, 0.1) is 0 Å². The van der Waals surface area contributed by atoms with Gasteiger partial charge in [0.2, 0.25) is 5.91 Å². The molecule has 0 aliphatic carbocycles. The largest absolute Gasteiger partial charge is 0.464 e. The van der Waals surface area contributed by atoms with Gasteiger partial charge in [-0.3, -0.25) is 4.79 Å². The number of benzene rings is 1. The first-order valence-electron chi connectivity index (χ1n) is 5.54. The molecule has 1 aromatic carbocycles. The van der Waals surface area contributed by atoms with Crippen molar-refractivity contribution < 1.29 is 9.21 Å². The highest BCUT2D eigenvalue weighted by atomic mass is 16.3. The van der Waals surface area contributed by atoms with Gasteiger partial charge in [0, 0.05) is 31.6 Å². The van der Waals surface area contributed by atoms with Crippen molar-refractivity contribution in [2.24, 2.45) is 0 Å². The lowest BCUT2D eigenvalue weighted by atomic mass is 10.2. The van der Waals surface area contributed by atoms with Gasteiger partial charge in [0.1, 0.15) is 5.58 Å². The first kappa shape index (κ1) is 11.7. The number of fused-ring (bicyclic) bond motifs is 1. The fraction of sp³-hybridized carbons (Fsp3) is 0.308. The average Bonchev–Trinajstić information content (AvgIpc) is 2.72. The molecule has 0 aliphatic heterocycles. The van der Waals surface area contributed by atoms with Crippen LogP contribution in [-0.4, -0.2) is 31.4 Å². The Kier molecular flexibility index (Phi) is 3.44. The maximum absolute atomic E-state index is 11.4. The molecule has 0 bridgehead atoms. The Bertz CT molecular complexity index is 517. The molecule has 1 amide bonds. The summed E-state index contributed by atoms with van der Waals surface area (Å²) in [7, 11) is 3.49. The normalized spacial score (nSPS) is 10.7. The van der Waals surface area contributed by atoms with Gasteiger partial charge in [-0.1, -0.05) is 18.2 Å². The number of carbonyl (C=O) groups is 1. The standard InChI is InChI=1S/C13H16N2O2/c1-15(2)13(16)8-14-7-10-9-17-12-6-4-3-5-11(10)12/h3-6,9,14H,7-8H2,1-2H3. The van der Waals surface area contributed by atoms with Gasteiger partial charge in [0.05, 0.1) is 12.8 Å². The topological polar surface area (TPSA) is 45.5 Å². The van der Waals surface area contributed by atoms with E-state index in [0.717, 1.165) is 16.5 Å². The van der Waals surface area contributed by atoms with Crippen LogP contribution in [0.5, 0.6) is 0 Å². The summed E-state index contributed by atoms with van der Waals surface area (Å²) in [5, 5.41) is 4.20. The lowest BCUT2D eigenvalue weighted by Gasteiger charge is -2.10. The van der Waals surface area contributed by atoms with E-state index in [1.54, 1.807) is 25.3 Å². The van der Waals surface area contributed by atoms with E-state index in [2.05, 4.69) is 5.32 Å². The number of likely N-dealkylation sites (N-methyl/N-ethyl adjacent to an activating group) is 1. The lowest BCUT2D eigenvalue weighted by Crippen LogP contribution is -2.32. The summed E-state index contributed by atoms with van der Waals surface area (Å²) >= 11 is 0. The Balaban J connectivity index is 1.98.